The number of fused-ring (bicyclic) bond motifs is 3. The maximum Gasteiger partial charge on any atom is 0.136 e. The minimum absolute atomic E-state index is 0.0296. The minimum atomic E-state index is -0.555. The van der Waals surface area contributed by atoms with E-state index in [1.807, 2.05) is 0 Å². The summed E-state index contributed by atoms with van der Waals surface area (Å²) in [6, 6.07) is 6.35. The van der Waals surface area contributed by atoms with Crippen molar-refractivity contribution in [1.82, 2.24) is 4.98 Å². The largest absolute Gasteiger partial charge is 0.244 e. The molecule has 0 radical (unpaired) electrons. The number of aromatic nitrogens is 1. The Hall–Kier alpha value is -1.74. The van der Waals surface area contributed by atoms with Crippen LogP contribution in [0.2, 0.25) is 5.15 Å². The number of rotatable bonds is 0. The van der Waals surface area contributed by atoms with Crippen molar-refractivity contribution in [3.63, 3.8) is 0 Å². The highest BCUT2D eigenvalue weighted by molar-refractivity contribution is 6.35. The lowest BCUT2D eigenvalue weighted by molar-refractivity contribution is 0.577. The number of pyridine rings is 1. The van der Waals surface area contributed by atoms with Gasteiger partial charge in [0.15, 0.2) is 0 Å². The molecule has 0 aliphatic carbocycles. The zero-order valence-corrected chi connectivity index (χ0v) is 10.2. The van der Waals surface area contributed by atoms with E-state index in [1.54, 1.807) is 18.2 Å². The molecule has 90 valence electrons. The molecular weight excluding hydrogens is 256 g/mol. The van der Waals surface area contributed by atoms with Gasteiger partial charge in [-0.25, -0.2) is 13.8 Å². The van der Waals surface area contributed by atoms with Crippen LogP contribution >= 0.6 is 11.6 Å². The van der Waals surface area contributed by atoms with E-state index in [-0.39, 0.29) is 5.56 Å². The van der Waals surface area contributed by atoms with Crippen LogP contribution in [0.25, 0.3) is 21.5 Å². The van der Waals surface area contributed by atoms with Gasteiger partial charge >= 0.3 is 0 Å². The van der Waals surface area contributed by atoms with Crippen molar-refractivity contribution in [3.8, 4) is 0 Å². The third-order valence-corrected chi connectivity index (χ3v) is 3.43. The fraction of sp³-hybridized carbons (Fsp3) is 0.0714. The summed E-state index contributed by atoms with van der Waals surface area (Å²) < 4.78 is 27.6. The quantitative estimate of drug-likeness (QED) is 0.426. The Morgan fingerprint density at radius 2 is 1.72 bits per heavy atom. The Balaban J connectivity index is 2.60. The van der Waals surface area contributed by atoms with E-state index in [0.717, 1.165) is 0 Å². The second-order valence-electron chi connectivity index (χ2n) is 4.15. The summed E-state index contributed by atoms with van der Waals surface area (Å²) in [5.74, 6) is -1.08. The van der Waals surface area contributed by atoms with E-state index in [2.05, 4.69) is 4.98 Å². The van der Waals surface area contributed by atoms with Gasteiger partial charge in [-0.1, -0.05) is 23.7 Å². The van der Waals surface area contributed by atoms with E-state index >= 15 is 0 Å². The average molecular weight is 264 g/mol. The number of halogens is 3. The molecule has 0 spiro atoms. The predicted octanol–water partition coefficient (Wildman–Crippen LogP) is 4.63. The fourth-order valence-corrected chi connectivity index (χ4v) is 2.35. The number of nitrogens with zero attached hydrogens (tertiary/aromatic N) is 1. The van der Waals surface area contributed by atoms with Crippen LogP contribution in [0.15, 0.2) is 30.5 Å². The molecule has 0 saturated heterocycles. The summed E-state index contributed by atoms with van der Waals surface area (Å²) in [7, 11) is 0. The summed E-state index contributed by atoms with van der Waals surface area (Å²) >= 11 is 5.97. The average Bonchev–Trinajstić information content (AvgIpc) is 2.36. The van der Waals surface area contributed by atoms with Crippen molar-refractivity contribution in [1.29, 1.82) is 0 Å². The lowest BCUT2D eigenvalue weighted by Gasteiger charge is -2.08. The molecule has 0 aliphatic rings. The second kappa shape index (κ2) is 3.89. The van der Waals surface area contributed by atoms with Crippen molar-refractivity contribution in [3.05, 3.63) is 52.8 Å². The van der Waals surface area contributed by atoms with E-state index in [1.165, 1.54) is 19.2 Å². The van der Waals surface area contributed by atoms with Crippen molar-refractivity contribution in [2.75, 3.05) is 0 Å². The van der Waals surface area contributed by atoms with Crippen molar-refractivity contribution < 1.29 is 8.78 Å². The van der Waals surface area contributed by atoms with Crippen molar-refractivity contribution in [2.24, 2.45) is 0 Å². The Bertz CT molecular complexity index is 784. The molecule has 3 aromatic rings. The van der Waals surface area contributed by atoms with Gasteiger partial charge in [0.2, 0.25) is 0 Å². The van der Waals surface area contributed by atoms with Gasteiger partial charge in [-0.05, 0) is 29.8 Å². The molecule has 1 aromatic heterocycles. The normalized spacial score (nSPS) is 11.3. The fourth-order valence-electron chi connectivity index (χ4n) is 2.13. The Kier molecular flexibility index (Phi) is 2.45. The molecule has 1 heterocycles. The first-order valence-electron chi connectivity index (χ1n) is 5.41. The van der Waals surface area contributed by atoms with Gasteiger partial charge in [-0.3, -0.25) is 0 Å². The van der Waals surface area contributed by atoms with Gasteiger partial charge in [0, 0.05) is 22.5 Å². The molecular formula is C14H8ClF2N. The number of hydrogen-bond donors (Lipinski definition) is 0. The first-order chi connectivity index (χ1) is 8.59. The smallest absolute Gasteiger partial charge is 0.136 e. The van der Waals surface area contributed by atoms with Crippen LogP contribution < -0.4 is 0 Å². The zero-order valence-electron chi connectivity index (χ0n) is 9.47. The van der Waals surface area contributed by atoms with E-state index in [0.29, 0.717) is 26.7 Å². The molecule has 0 saturated carbocycles. The van der Waals surface area contributed by atoms with Gasteiger partial charge in [-0.15, -0.1) is 0 Å². The first-order valence-corrected chi connectivity index (χ1v) is 5.79. The van der Waals surface area contributed by atoms with Crippen LogP contribution in [0.3, 0.4) is 0 Å². The molecule has 0 fully saturated rings. The van der Waals surface area contributed by atoms with E-state index in [9.17, 15) is 8.78 Å². The topological polar surface area (TPSA) is 12.9 Å². The first kappa shape index (κ1) is 11.4. The SMILES string of the molecule is Cc1c(F)cc2c(ccc3c(Cl)nccc32)c1F. The molecule has 0 aliphatic heterocycles. The van der Waals surface area contributed by atoms with Gasteiger partial charge < -0.3 is 0 Å². The van der Waals surface area contributed by atoms with Crippen LogP contribution in [-0.2, 0) is 0 Å². The predicted molar refractivity (Wildman–Crippen MR) is 68.9 cm³/mol. The molecule has 0 bridgehead atoms. The maximum atomic E-state index is 14.0. The summed E-state index contributed by atoms with van der Waals surface area (Å²) in [5, 5.41) is 2.62. The lowest BCUT2D eigenvalue weighted by Crippen LogP contribution is -1.92. The molecule has 2 aromatic carbocycles. The summed E-state index contributed by atoms with van der Waals surface area (Å²) in [6.45, 7) is 1.42. The van der Waals surface area contributed by atoms with Gasteiger partial charge in [0.1, 0.15) is 16.8 Å². The van der Waals surface area contributed by atoms with Crippen LogP contribution in [0.4, 0.5) is 8.78 Å². The Morgan fingerprint density at radius 3 is 2.50 bits per heavy atom. The van der Waals surface area contributed by atoms with Crippen LogP contribution in [0, 0.1) is 18.6 Å². The molecule has 0 N–H and O–H groups in total. The Morgan fingerprint density at radius 1 is 1.00 bits per heavy atom. The van der Waals surface area contributed by atoms with E-state index < -0.39 is 11.6 Å². The van der Waals surface area contributed by atoms with Gasteiger partial charge in [0.05, 0.1) is 0 Å². The monoisotopic (exact) mass is 263 g/mol. The van der Waals surface area contributed by atoms with Gasteiger partial charge in [-0.2, -0.15) is 0 Å². The summed E-state index contributed by atoms with van der Waals surface area (Å²) in [4.78, 5) is 3.95. The van der Waals surface area contributed by atoms with Gasteiger partial charge in [0.25, 0.3) is 0 Å². The summed E-state index contributed by atoms with van der Waals surface area (Å²) in [5.41, 5.74) is 0.0296. The third-order valence-electron chi connectivity index (χ3n) is 3.13. The molecule has 18 heavy (non-hydrogen) atoms. The van der Waals surface area contributed by atoms with Crippen LogP contribution in [0.1, 0.15) is 5.56 Å². The molecule has 0 atom stereocenters. The summed E-state index contributed by atoms with van der Waals surface area (Å²) in [6.07, 6.45) is 1.53. The standard InChI is InChI=1S/C14H8ClF2N/c1-7-12(16)6-11-8-4-5-18-14(15)10(8)3-2-9(11)13(7)17/h2-6H,1H3. The number of benzene rings is 2. The highest BCUT2D eigenvalue weighted by atomic mass is 35.5. The van der Waals surface area contributed by atoms with Crippen molar-refractivity contribution in [2.45, 2.75) is 6.92 Å². The minimum Gasteiger partial charge on any atom is -0.244 e. The molecule has 0 unspecified atom stereocenters. The van der Waals surface area contributed by atoms with Crippen LogP contribution in [-0.4, -0.2) is 4.98 Å². The lowest BCUT2D eigenvalue weighted by atomic mass is 10.0. The van der Waals surface area contributed by atoms with Crippen LogP contribution in [0.5, 0.6) is 0 Å². The Labute approximate surface area is 107 Å². The maximum absolute atomic E-state index is 14.0. The zero-order chi connectivity index (χ0) is 12.9. The molecule has 0 amide bonds. The number of hydrogen-bond acceptors (Lipinski definition) is 1. The second-order valence-corrected chi connectivity index (χ2v) is 4.51. The molecule has 1 nitrogen and oxygen atoms in total. The van der Waals surface area contributed by atoms with Crippen molar-refractivity contribution >= 4 is 33.1 Å². The third kappa shape index (κ3) is 1.47. The van der Waals surface area contributed by atoms with E-state index in [4.69, 9.17) is 11.6 Å². The molecule has 4 heteroatoms. The highest BCUT2D eigenvalue weighted by Gasteiger charge is 2.12. The highest BCUT2D eigenvalue weighted by Crippen LogP contribution is 2.32. The molecule has 3 rings (SSSR count).